The normalized spacial score (nSPS) is 22.7. The van der Waals surface area contributed by atoms with Gasteiger partial charge in [-0.2, -0.15) is 0 Å². The Kier molecular flexibility index (Phi) is 30.5. The lowest BCUT2D eigenvalue weighted by molar-refractivity contribution is -0.303. The number of carbonyl (C=O) groups excluding carboxylic acids is 1. The van der Waals surface area contributed by atoms with Crippen molar-refractivity contribution in [2.24, 2.45) is 11.8 Å². The van der Waals surface area contributed by atoms with Gasteiger partial charge in [-0.25, -0.2) is 0 Å². The Balaban J connectivity index is 2.44. The third-order valence-electron chi connectivity index (χ3n) is 10.7. The Morgan fingerprint density at radius 2 is 1.12 bits per heavy atom. The molecule has 9 heteroatoms. The first kappa shape index (κ1) is 49.1. The summed E-state index contributed by atoms with van der Waals surface area (Å²) in [6.07, 6.45) is 24.2. The van der Waals surface area contributed by atoms with E-state index in [2.05, 4.69) is 20.8 Å². The smallest absolute Gasteiger partial charge is 0.186 e. The van der Waals surface area contributed by atoms with Gasteiger partial charge in [0.1, 0.15) is 30.5 Å². The van der Waals surface area contributed by atoms with Gasteiger partial charge >= 0.3 is 0 Å². The van der Waals surface area contributed by atoms with Crippen molar-refractivity contribution in [3.8, 4) is 0 Å². The molecule has 0 aromatic heterocycles. The lowest BCUT2D eigenvalue weighted by Gasteiger charge is -2.40. The highest BCUT2D eigenvalue weighted by Crippen LogP contribution is 2.24. The molecular formula is C43H82O9. The van der Waals surface area contributed by atoms with Crippen LogP contribution in [0.2, 0.25) is 0 Å². The molecule has 0 aromatic rings. The van der Waals surface area contributed by atoms with E-state index in [0.29, 0.717) is 12.8 Å². The number of rotatable bonds is 35. The molecule has 0 aromatic carbocycles. The first-order chi connectivity index (χ1) is 25.1. The number of ether oxygens (including phenoxy) is 2. The molecule has 0 amide bonds. The first-order valence-corrected chi connectivity index (χ1v) is 21.6. The van der Waals surface area contributed by atoms with E-state index < -0.39 is 61.2 Å². The van der Waals surface area contributed by atoms with Crippen molar-refractivity contribution >= 4 is 5.78 Å². The van der Waals surface area contributed by atoms with Crippen molar-refractivity contribution in [2.45, 2.75) is 231 Å². The Bertz CT molecular complexity index is 850. The van der Waals surface area contributed by atoms with Crippen LogP contribution in [0.1, 0.15) is 188 Å². The summed E-state index contributed by atoms with van der Waals surface area (Å²) in [5.41, 5.74) is 0. The molecule has 1 fully saturated rings. The molecule has 1 rings (SSSR count). The standard InChI is InChI=1S/C43H82O9/c1-4-5-6-7-8-9-10-11-12-13-14-15-16-17-22-25-28-31-37(46)39(47)35(33-51-43-42(50)41(49)40(48)38(32-44)52-43)36(45)30-27-24-21-19-18-20-23-26-29-34(2)3/h27,30,34-38,40-46,48-50H,4-26,28-29,31-33H2,1-3H3/b30-27+/t35-,36+,37+,38+,40-,41-,42+,43+/m0/s1. The van der Waals surface area contributed by atoms with E-state index in [1.165, 1.54) is 116 Å². The Labute approximate surface area is 318 Å². The van der Waals surface area contributed by atoms with Crippen molar-refractivity contribution in [3.63, 3.8) is 0 Å². The van der Waals surface area contributed by atoms with Crippen molar-refractivity contribution < 1.29 is 44.9 Å². The predicted molar refractivity (Wildman–Crippen MR) is 210 cm³/mol. The maximum absolute atomic E-state index is 13.4. The van der Waals surface area contributed by atoms with E-state index >= 15 is 0 Å². The molecule has 1 saturated heterocycles. The minimum atomic E-state index is -1.62. The van der Waals surface area contributed by atoms with Gasteiger partial charge in [0, 0.05) is 0 Å². The molecule has 6 N–H and O–H groups in total. The average molecular weight is 743 g/mol. The Morgan fingerprint density at radius 1 is 0.654 bits per heavy atom. The second-order valence-electron chi connectivity index (χ2n) is 16.0. The molecule has 0 spiro atoms. The van der Waals surface area contributed by atoms with Crippen LogP contribution in [-0.2, 0) is 14.3 Å². The third-order valence-corrected chi connectivity index (χ3v) is 10.7. The summed E-state index contributed by atoms with van der Waals surface area (Å²) in [5.74, 6) is -0.912. The van der Waals surface area contributed by atoms with Gasteiger partial charge in [0.25, 0.3) is 0 Å². The summed E-state index contributed by atoms with van der Waals surface area (Å²) in [5, 5.41) is 62.0. The minimum absolute atomic E-state index is 0.293. The van der Waals surface area contributed by atoms with Crippen molar-refractivity contribution in [1.82, 2.24) is 0 Å². The van der Waals surface area contributed by atoms with Crippen LogP contribution < -0.4 is 0 Å². The highest BCUT2D eigenvalue weighted by molar-refractivity contribution is 5.86. The van der Waals surface area contributed by atoms with Gasteiger partial charge in [-0.15, -0.1) is 0 Å². The summed E-state index contributed by atoms with van der Waals surface area (Å²) in [6.45, 7) is 5.79. The highest BCUT2D eigenvalue weighted by Gasteiger charge is 2.44. The van der Waals surface area contributed by atoms with Gasteiger partial charge in [0.2, 0.25) is 0 Å². The van der Waals surface area contributed by atoms with E-state index in [4.69, 9.17) is 9.47 Å². The van der Waals surface area contributed by atoms with Crippen LogP contribution in [0.4, 0.5) is 0 Å². The van der Waals surface area contributed by atoms with Crippen LogP contribution in [0.3, 0.4) is 0 Å². The summed E-state index contributed by atoms with van der Waals surface area (Å²) in [4.78, 5) is 13.4. The third kappa shape index (κ3) is 23.1. The number of unbranched alkanes of at least 4 members (excludes halogenated alkanes) is 22. The number of aliphatic hydroxyl groups excluding tert-OH is 6. The van der Waals surface area contributed by atoms with Gasteiger partial charge in [-0.3, -0.25) is 4.79 Å². The largest absolute Gasteiger partial charge is 0.394 e. The number of hydrogen-bond acceptors (Lipinski definition) is 9. The monoisotopic (exact) mass is 743 g/mol. The van der Waals surface area contributed by atoms with Crippen LogP contribution >= 0.6 is 0 Å². The molecule has 8 atom stereocenters. The molecule has 1 heterocycles. The summed E-state index contributed by atoms with van der Waals surface area (Å²) in [6, 6.07) is 0. The van der Waals surface area contributed by atoms with Crippen LogP contribution in [0.25, 0.3) is 0 Å². The fourth-order valence-electron chi connectivity index (χ4n) is 7.10. The zero-order chi connectivity index (χ0) is 38.4. The number of carbonyl (C=O) groups is 1. The lowest BCUT2D eigenvalue weighted by Crippen LogP contribution is -2.59. The van der Waals surface area contributed by atoms with Gasteiger partial charge in [-0.1, -0.05) is 181 Å². The molecule has 0 aliphatic carbocycles. The van der Waals surface area contributed by atoms with Gasteiger partial charge in [0.05, 0.1) is 25.2 Å². The van der Waals surface area contributed by atoms with Crippen LogP contribution in [0.5, 0.6) is 0 Å². The Hall–Kier alpha value is -0.910. The molecule has 0 unspecified atom stereocenters. The van der Waals surface area contributed by atoms with Crippen LogP contribution in [0.15, 0.2) is 12.2 Å². The Morgan fingerprint density at radius 3 is 1.60 bits per heavy atom. The average Bonchev–Trinajstić information content (AvgIpc) is 3.13. The van der Waals surface area contributed by atoms with Crippen LogP contribution in [0, 0.1) is 11.8 Å². The molecule has 9 nitrogen and oxygen atoms in total. The van der Waals surface area contributed by atoms with Gasteiger partial charge in [-0.05, 0) is 25.2 Å². The molecular weight excluding hydrogens is 660 g/mol. The van der Waals surface area contributed by atoms with Crippen molar-refractivity contribution in [1.29, 1.82) is 0 Å². The molecule has 0 radical (unpaired) electrons. The van der Waals surface area contributed by atoms with Crippen molar-refractivity contribution in [3.05, 3.63) is 12.2 Å². The highest BCUT2D eigenvalue weighted by atomic mass is 16.7. The SMILES string of the molecule is CCCCCCCCCCCCCCCCCCC[C@@H](O)C(=O)[C@@H](CO[C@@H]1O[C@H](CO)[C@H](O)[C@H](O)[C@H]1O)[C@H](O)/C=C/CCCCCCCCC(C)C. The molecule has 308 valence electrons. The maximum Gasteiger partial charge on any atom is 0.186 e. The number of aliphatic hydroxyl groups is 6. The van der Waals surface area contributed by atoms with E-state index in [1.54, 1.807) is 6.08 Å². The van der Waals surface area contributed by atoms with Gasteiger partial charge in [0.15, 0.2) is 12.1 Å². The number of ketones is 1. The van der Waals surface area contributed by atoms with Crippen molar-refractivity contribution in [2.75, 3.05) is 13.2 Å². The molecule has 1 aliphatic rings. The molecule has 1 aliphatic heterocycles. The number of allylic oxidation sites excluding steroid dienone is 1. The van der Waals surface area contributed by atoms with E-state index in [-0.39, 0.29) is 6.61 Å². The predicted octanol–water partition coefficient (Wildman–Crippen LogP) is 8.08. The number of Topliss-reactive ketones (excluding diaryl/α,β-unsaturated/α-hetero) is 1. The number of hydrogen-bond donors (Lipinski definition) is 6. The van der Waals surface area contributed by atoms with Crippen LogP contribution in [-0.4, -0.2) is 92.5 Å². The fraction of sp³-hybridized carbons (Fsp3) is 0.930. The zero-order valence-corrected chi connectivity index (χ0v) is 33.6. The zero-order valence-electron chi connectivity index (χ0n) is 33.6. The van der Waals surface area contributed by atoms with Gasteiger partial charge < -0.3 is 40.1 Å². The quantitative estimate of drug-likeness (QED) is 0.0279. The first-order valence-electron chi connectivity index (χ1n) is 21.6. The molecule has 52 heavy (non-hydrogen) atoms. The maximum atomic E-state index is 13.4. The second-order valence-corrected chi connectivity index (χ2v) is 16.0. The summed E-state index contributed by atoms with van der Waals surface area (Å²) >= 11 is 0. The summed E-state index contributed by atoms with van der Waals surface area (Å²) in [7, 11) is 0. The topological polar surface area (TPSA) is 157 Å². The second kappa shape index (κ2) is 32.3. The van der Waals surface area contributed by atoms with E-state index in [1.807, 2.05) is 6.08 Å². The lowest BCUT2D eigenvalue weighted by atomic mass is 9.91. The summed E-state index contributed by atoms with van der Waals surface area (Å²) < 4.78 is 11.1. The molecule has 0 bridgehead atoms. The van der Waals surface area contributed by atoms with E-state index in [9.17, 15) is 35.4 Å². The van der Waals surface area contributed by atoms with E-state index in [0.717, 1.165) is 44.4 Å². The fourth-order valence-corrected chi connectivity index (χ4v) is 7.10. The molecule has 0 saturated carbocycles. The minimum Gasteiger partial charge on any atom is -0.394 e.